The van der Waals surface area contributed by atoms with Crippen molar-refractivity contribution in [1.29, 1.82) is 0 Å². The van der Waals surface area contributed by atoms with Gasteiger partial charge in [0.25, 0.3) is 0 Å². The molecular formula is C15H18N2O2S. The molecule has 1 saturated carbocycles. The van der Waals surface area contributed by atoms with E-state index in [0.29, 0.717) is 24.1 Å². The molecular weight excluding hydrogens is 272 g/mol. The highest BCUT2D eigenvalue weighted by Gasteiger charge is 2.31. The summed E-state index contributed by atoms with van der Waals surface area (Å²) in [5, 5.41) is 13.9. The second kappa shape index (κ2) is 5.97. The van der Waals surface area contributed by atoms with Crippen LogP contribution in [0, 0.1) is 5.92 Å². The summed E-state index contributed by atoms with van der Waals surface area (Å²) in [4.78, 5) is 5.60. The largest absolute Gasteiger partial charge is 0.392 e. The number of rotatable bonds is 6. The molecule has 1 atom stereocenters. The van der Waals surface area contributed by atoms with Gasteiger partial charge in [-0.1, -0.05) is 12.1 Å². The molecule has 2 aromatic rings. The molecule has 4 nitrogen and oxygen atoms in total. The lowest BCUT2D eigenvalue weighted by Crippen LogP contribution is -2.12. The lowest BCUT2D eigenvalue weighted by molar-refractivity contribution is 0.140. The third kappa shape index (κ3) is 3.22. The molecule has 0 bridgehead atoms. The number of nitrogens with zero attached hydrogens (tertiary/aromatic N) is 2. The zero-order chi connectivity index (χ0) is 13.9. The quantitative estimate of drug-likeness (QED) is 0.828. The Morgan fingerprint density at radius 1 is 1.35 bits per heavy atom. The van der Waals surface area contributed by atoms with Crippen molar-refractivity contribution in [3.63, 3.8) is 0 Å². The fourth-order valence-electron chi connectivity index (χ4n) is 2.15. The monoisotopic (exact) mass is 290 g/mol. The van der Waals surface area contributed by atoms with Crippen LogP contribution in [0.3, 0.4) is 0 Å². The standard InChI is InChI=1S/C15H18N2O2S/c1-2-20-12-7-5-11(6-8-12)15-16-14(19-17-15)9-13(18)10-3-4-10/h5-8,10,13,18H,2-4,9H2,1H3. The molecule has 5 heteroatoms. The van der Waals surface area contributed by atoms with Gasteiger partial charge in [-0.15, -0.1) is 11.8 Å². The topological polar surface area (TPSA) is 59.2 Å². The van der Waals surface area contributed by atoms with Crippen LogP contribution in [0.25, 0.3) is 11.4 Å². The smallest absolute Gasteiger partial charge is 0.229 e. The van der Waals surface area contributed by atoms with E-state index < -0.39 is 0 Å². The number of aliphatic hydroxyl groups excluding tert-OH is 1. The number of aliphatic hydroxyl groups is 1. The summed E-state index contributed by atoms with van der Waals surface area (Å²) in [5.41, 5.74) is 0.946. The zero-order valence-corrected chi connectivity index (χ0v) is 12.3. The molecule has 0 saturated heterocycles. The minimum absolute atomic E-state index is 0.341. The van der Waals surface area contributed by atoms with E-state index in [1.807, 2.05) is 12.1 Å². The third-order valence-corrected chi connectivity index (χ3v) is 4.34. The number of thioether (sulfide) groups is 1. The molecule has 1 heterocycles. The average molecular weight is 290 g/mol. The lowest BCUT2D eigenvalue weighted by Gasteiger charge is -2.03. The molecule has 1 aliphatic carbocycles. The van der Waals surface area contributed by atoms with E-state index in [2.05, 4.69) is 29.2 Å². The van der Waals surface area contributed by atoms with Gasteiger partial charge in [-0.3, -0.25) is 0 Å². The Labute approximate surface area is 122 Å². The fourth-order valence-corrected chi connectivity index (χ4v) is 2.81. The molecule has 1 aromatic carbocycles. The predicted octanol–water partition coefficient (Wildman–Crippen LogP) is 3.16. The summed E-state index contributed by atoms with van der Waals surface area (Å²) < 4.78 is 5.22. The summed E-state index contributed by atoms with van der Waals surface area (Å²) in [6, 6.07) is 8.14. The van der Waals surface area contributed by atoms with Crippen molar-refractivity contribution in [3.8, 4) is 11.4 Å². The lowest BCUT2D eigenvalue weighted by atomic mass is 10.1. The Bertz CT molecular complexity index is 564. The molecule has 1 fully saturated rings. The molecule has 1 aromatic heterocycles. The van der Waals surface area contributed by atoms with Crippen molar-refractivity contribution >= 4 is 11.8 Å². The SMILES string of the molecule is CCSc1ccc(-c2noc(CC(O)C3CC3)n2)cc1. The highest BCUT2D eigenvalue weighted by atomic mass is 32.2. The molecule has 1 aliphatic rings. The van der Waals surface area contributed by atoms with Gasteiger partial charge in [0.15, 0.2) is 0 Å². The average Bonchev–Trinajstić information content (AvgIpc) is 3.21. The van der Waals surface area contributed by atoms with Gasteiger partial charge < -0.3 is 9.63 Å². The van der Waals surface area contributed by atoms with Crippen LogP contribution in [-0.2, 0) is 6.42 Å². The summed E-state index contributed by atoms with van der Waals surface area (Å²) in [6.07, 6.45) is 2.34. The normalized spacial score (nSPS) is 16.3. The van der Waals surface area contributed by atoms with E-state index in [0.717, 1.165) is 24.2 Å². The van der Waals surface area contributed by atoms with Crippen molar-refractivity contribution in [2.75, 3.05) is 5.75 Å². The number of hydrogen-bond acceptors (Lipinski definition) is 5. The van der Waals surface area contributed by atoms with Crippen LogP contribution in [0.2, 0.25) is 0 Å². The first-order valence-electron chi connectivity index (χ1n) is 7.00. The molecule has 1 N–H and O–H groups in total. The van der Waals surface area contributed by atoms with Gasteiger partial charge in [-0.05, 0) is 48.8 Å². The first-order chi connectivity index (χ1) is 9.76. The summed E-state index contributed by atoms with van der Waals surface area (Å²) >= 11 is 1.81. The van der Waals surface area contributed by atoms with Crippen LogP contribution in [0.4, 0.5) is 0 Å². The van der Waals surface area contributed by atoms with Crippen molar-refractivity contribution in [2.45, 2.75) is 37.2 Å². The van der Waals surface area contributed by atoms with Crippen LogP contribution in [0.1, 0.15) is 25.7 Å². The minimum atomic E-state index is -0.341. The van der Waals surface area contributed by atoms with Crippen molar-refractivity contribution in [1.82, 2.24) is 10.1 Å². The zero-order valence-electron chi connectivity index (χ0n) is 11.5. The van der Waals surface area contributed by atoms with Gasteiger partial charge in [0.05, 0.1) is 12.5 Å². The van der Waals surface area contributed by atoms with Crippen molar-refractivity contribution in [3.05, 3.63) is 30.2 Å². The van der Waals surface area contributed by atoms with Gasteiger partial charge in [0.2, 0.25) is 11.7 Å². The predicted molar refractivity (Wildman–Crippen MR) is 78.6 cm³/mol. The molecule has 3 rings (SSSR count). The van der Waals surface area contributed by atoms with E-state index in [-0.39, 0.29) is 6.10 Å². The maximum atomic E-state index is 9.89. The van der Waals surface area contributed by atoms with Gasteiger partial charge >= 0.3 is 0 Å². The van der Waals surface area contributed by atoms with Gasteiger partial charge in [0.1, 0.15) is 0 Å². The Kier molecular flexibility index (Phi) is 4.08. The molecule has 0 spiro atoms. The van der Waals surface area contributed by atoms with Crippen LogP contribution in [0.5, 0.6) is 0 Å². The van der Waals surface area contributed by atoms with Crippen LogP contribution in [-0.4, -0.2) is 27.1 Å². The van der Waals surface area contributed by atoms with Gasteiger partial charge in [0, 0.05) is 10.5 Å². The van der Waals surface area contributed by atoms with E-state index in [1.165, 1.54) is 4.90 Å². The van der Waals surface area contributed by atoms with E-state index in [4.69, 9.17) is 4.52 Å². The van der Waals surface area contributed by atoms with Crippen molar-refractivity contribution < 1.29 is 9.63 Å². The summed E-state index contributed by atoms with van der Waals surface area (Å²) in [6.45, 7) is 2.13. The first-order valence-corrected chi connectivity index (χ1v) is 7.98. The Balaban J connectivity index is 1.68. The number of aromatic nitrogens is 2. The third-order valence-electron chi connectivity index (χ3n) is 3.44. The Hall–Kier alpha value is -1.33. The minimum Gasteiger partial charge on any atom is -0.392 e. The number of hydrogen-bond donors (Lipinski definition) is 1. The van der Waals surface area contributed by atoms with Crippen molar-refractivity contribution in [2.24, 2.45) is 5.92 Å². The molecule has 20 heavy (non-hydrogen) atoms. The second-order valence-electron chi connectivity index (χ2n) is 5.08. The summed E-state index contributed by atoms with van der Waals surface area (Å²) in [5.74, 6) is 2.60. The van der Waals surface area contributed by atoms with Crippen LogP contribution < -0.4 is 0 Å². The van der Waals surface area contributed by atoms with Gasteiger partial charge in [-0.2, -0.15) is 4.98 Å². The Morgan fingerprint density at radius 2 is 2.10 bits per heavy atom. The highest BCUT2D eigenvalue weighted by molar-refractivity contribution is 7.99. The van der Waals surface area contributed by atoms with Gasteiger partial charge in [-0.25, -0.2) is 0 Å². The van der Waals surface area contributed by atoms with Crippen LogP contribution >= 0.6 is 11.8 Å². The van der Waals surface area contributed by atoms with E-state index in [9.17, 15) is 5.11 Å². The Morgan fingerprint density at radius 3 is 2.75 bits per heavy atom. The molecule has 0 radical (unpaired) electrons. The van der Waals surface area contributed by atoms with E-state index in [1.54, 1.807) is 11.8 Å². The summed E-state index contributed by atoms with van der Waals surface area (Å²) in [7, 11) is 0. The van der Waals surface area contributed by atoms with E-state index >= 15 is 0 Å². The first kappa shape index (κ1) is 13.6. The molecule has 0 amide bonds. The maximum Gasteiger partial charge on any atom is 0.229 e. The highest BCUT2D eigenvalue weighted by Crippen LogP contribution is 2.34. The fraction of sp³-hybridized carbons (Fsp3) is 0.467. The molecule has 106 valence electrons. The number of benzene rings is 1. The van der Waals surface area contributed by atoms with Crippen LogP contribution in [0.15, 0.2) is 33.7 Å². The second-order valence-corrected chi connectivity index (χ2v) is 6.42. The molecule has 1 unspecified atom stereocenters. The maximum absolute atomic E-state index is 9.89. The molecule has 0 aliphatic heterocycles.